The zero-order valence-corrected chi connectivity index (χ0v) is 11.5. The van der Waals surface area contributed by atoms with Gasteiger partial charge in [-0.05, 0) is 12.5 Å². The highest BCUT2D eigenvalue weighted by Gasteiger charge is 2.07. The van der Waals surface area contributed by atoms with E-state index in [2.05, 4.69) is 5.32 Å². The van der Waals surface area contributed by atoms with Gasteiger partial charge in [-0.25, -0.2) is 0 Å². The molecular weight excluding hydrogens is 250 g/mol. The Kier molecular flexibility index (Phi) is 5.04. The number of nitrogens with one attached hydrogen (secondary N) is 1. The van der Waals surface area contributed by atoms with E-state index in [1.54, 1.807) is 6.92 Å². The number of aliphatic hydroxyl groups is 1. The second-order valence-electron chi connectivity index (χ2n) is 4.87. The number of carbonyl (C=O) groups is 1. The molecule has 20 heavy (non-hydrogen) atoms. The highest BCUT2D eigenvalue weighted by molar-refractivity contribution is 6.08. The maximum absolute atomic E-state index is 12.2. The second-order valence-corrected chi connectivity index (χ2v) is 4.87. The number of rotatable bonds is 6. The van der Waals surface area contributed by atoms with Crippen LogP contribution in [0.15, 0.2) is 54.6 Å². The third-order valence-electron chi connectivity index (χ3n) is 3.02. The number of hydrogen-bond donors (Lipinski definition) is 2. The topological polar surface area (TPSA) is 49.3 Å². The molecule has 2 rings (SSSR count). The molecule has 3 nitrogen and oxygen atoms in total. The van der Waals surface area contributed by atoms with E-state index in [1.807, 2.05) is 54.6 Å². The third kappa shape index (κ3) is 4.02. The number of hydrogen-bond acceptors (Lipinski definition) is 3. The van der Waals surface area contributed by atoms with Crippen LogP contribution < -0.4 is 5.32 Å². The lowest BCUT2D eigenvalue weighted by Gasteiger charge is -2.07. The van der Waals surface area contributed by atoms with Crippen molar-refractivity contribution < 1.29 is 9.90 Å². The van der Waals surface area contributed by atoms with Crippen LogP contribution in [0.4, 0.5) is 0 Å². The normalized spacial score (nSPS) is 12.1. The van der Waals surface area contributed by atoms with E-state index in [4.69, 9.17) is 5.11 Å². The quantitative estimate of drug-likeness (QED) is 0.792. The van der Waals surface area contributed by atoms with Crippen molar-refractivity contribution >= 4 is 5.78 Å². The number of benzene rings is 2. The minimum Gasteiger partial charge on any atom is -0.392 e. The van der Waals surface area contributed by atoms with Crippen molar-refractivity contribution in [3.63, 3.8) is 0 Å². The van der Waals surface area contributed by atoms with Gasteiger partial charge in [0.2, 0.25) is 0 Å². The summed E-state index contributed by atoms with van der Waals surface area (Å²) in [5.41, 5.74) is 2.48. The molecule has 0 aliphatic heterocycles. The summed E-state index contributed by atoms with van der Waals surface area (Å²) < 4.78 is 0. The van der Waals surface area contributed by atoms with Gasteiger partial charge in [-0.2, -0.15) is 0 Å². The molecule has 104 valence electrons. The number of ketones is 1. The van der Waals surface area contributed by atoms with E-state index < -0.39 is 0 Å². The van der Waals surface area contributed by atoms with Crippen LogP contribution in [0.3, 0.4) is 0 Å². The molecule has 0 bridgehead atoms. The first-order chi connectivity index (χ1) is 9.66. The number of aliphatic hydroxyl groups excluding tert-OH is 1. The Bertz CT molecular complexity index is 547. The highest BCUT2D eigenvalue weighted by atomic mass is 16.3. The molecule has 2 N–H and O–H groups in total. The minimum atomic E-state index is -0.353. The zero-order chi connectivity index (χ0) is 14.4. The summed E-state index contributed by atoms with van der Waals surface area (Å²) in [6.07, 6.45) is -0.353. The number of carbonyl (C=O) groups excluding carboxylic acids is 1. The van der Waals surface area contributed by atoms with Crippen LogP contribution in [0, 0.1) is 0 Å². The molecule has 0 radical (unpaired) electrons. The molecule has 1 atom stereocenters. The Labute approximate surface area is 119 Å². The monoisotopic (exact) mass is 269 g/mol. The lowest BCUT2D eigenvalue weighted by molar-refractivity contribution is 0.103. The molecule has 0 amide bonds. The summed E-state index contributed by atoms with van der Waals surface area (Å²) >= 11 is 0. The molecule has 0 saturated heterocycles. The van der Waals surface area contributed by atoms with Crippen LogP contribution in [0.5, 0.6) is 0 Å². The lowest BCUT2D eigenvalue weighted by Crippen LogP contribution is -2.23. The van der Waals surface area contributed by atoms with Crippen molar-refractivity contribution in [2.75, 3.05) is 6.54 Å². The summed E-state index contributed by atoms with van der Waals surface area (Å²) in [7, 11) is 0. The zero-order valence-electron chi connectivity index (χ0n) is 11.5. The van der Waals surface area contributed by atoms with E-state index in [-0.39, 0.29) is 11.9 Å². The molecular formula is C17H19NO2. The molecule has 0 aromatic heterocycles. The Morgan fingerprint density at radius 2 is 1.65 bits per heavy atom. The fourth-order valence-corrected chi connectivity index (χ4v) is 1.96. The van der Waals surface area contributed by atoms with Gasteiger partial charge in [0, 0.05) is 24.2 Å². The van der Waals surface area contributed by atoms with Crippen molar-refractivity contribution in [1.29, 1.82) is 0 Å². The molecule has 0 aliphatic rings. The van der Waals surface area contributed by atoms with Gasteiger partial charge in [0.15, 0.2) is 5.78 Å². The predicted molar refractivity (Wildman–Crippen MR) is 79.7 cm³/mol. The van der Waals surface area contributed by atoms with Crippen LogP contribution in [0.2, 0.25) is 0 Å². The van der Waals surface area contributed by atoms with Crippen LogP contribution in [0.25, 0.3) is 0 Å². The fourth-order valence-electron chi connectivity index (χ4n) is 1.96. The van der Waals surface area contributed by atoms with Crippen LogP contribution in [-0.2, 0) is 6.54 Å². The molecule has 0 aliphatic carbocycles. The third-order valence-corrected chi connectivity index (χ3v) is 3.02. The van der Waals surface area contributed by atoms with Crippen LogP contribution in [0.1, 0.15) is 28.4 Å². The van der Waals surface area contributed by atoms with E-state index >= 15 is 0 Å². The van der Waals surface area contributed by atoms with Crippen molar-refractivity contribution in [3.8, 4) is 0 Å². The summed E-state index contributed by atoms with van der Waals surface area (Å²) in [5, 5.41) is 12.3. The summed E-state index contributed by atoms with van der Waals surface area (Å²) in [5.74, 6) is 0.0362. The van der Waals surface area contributed by atoms with Gasteiger partial charge in [-0.3, -0.25) is 4.79 Å². The van der Waals surface area contributed by atoms with E-state index in [0.717, 1.165) is 5.56 Å². The first kappa shape index (κ1) is 14.4. The highest BCUT2D eigenvalue weighted by Crippen LogP contribution is 2.11. The van der Waals surface area contributed by atoms with Gasteiger partial charge in [-0.1, -0.05) is 54.6 Å². The van der Waals surface area contributed by atoms with Gasteiger partial charge >= 0.3 is 0 Å². The van der Waals surface area contributed by atoms with E-state index in [9.17, 15) is 4.79 Å². The molecule has 0 saturated carbocycles. The van der Waals surface area contributed by atoms with Crippen molar-refractivity contribution in [1.82, 2.24) is 5.32 Å². The lowest BCUT2D eigenvalue weighted by atomic mass is 10.0. The van der Waals surface area contributed by atoms with Gasteiger partial charge in [0.05, 0.1) is 6.10 Å². The predicted octanol–water partition coefficient (Wildman–Crippen LogP) is 2.39. The summed E-state index contributed by atoms with van der Waals surface area (Å²) in [4.78, 5) is 12.2. The smallest absolute Gasteiger partial charge is 0.193 e. The van der Waals surface area contributed by atoms with Crippen molar-refractivity contribution in [2.45, 2.75) is 19.6 Å². The Balaban J connectivity index is 1.99. The molecule has 0 heterocycles. The molecule has 2 aromatic carbocycles. The van der Waals surface area contributed by atoms with Gasteiger partial charge in [-0.15, -0.1) is 0 Å². The fraction of sp³-hybridized carbons (Fsp3) is 0.235. The van der Waals surface area contributed by atoms with Gasteiger partial charge in [0.25, 0.3) is 0 Å². The van der Waals surface area contributed by atoms with Gasteiger partial charge < -0.3 is 10.4 Å². The largest absolute Gasteiger partial charge is 0.392 e. The maximum atomic E-state index is 12.2. The SMILES string of the molecule is CC(O)CNCc1ccc(C(=O)c2ccccc2)cc1. The maximum Gasteiger partial charge on any atom is 0.193 e. The average Bonchev–Trinajstić information content (AvgIpc) is 2.48. The molecule has 2 aromatic rings. The minimum absolute atomic E-state index is 0.0362. The van der Waals surface area contributed by atoms with E-state index in [1.165, 1.54) is 0 Å². The van der Waals surface area contributed by atoms with Crippen LogP contribution in [-0.4, -0.2) is 23.5 Å². The first-order valence-electron chi connectivity index (χ1n) is 6.74. The Morgan fingerprint density at radius 3 is 2.25 bits per heavy atom. The summed E-state index contributed by atoms with van der Waals surface area (Å²) in [6, 6.07) is 16.8. The van der Waals surface area contributed by atoms with Crippen LogP contribution >= 0.6 is 0 Å². The van der Waals surface area contributed by atoms with Crippen molar-refractivity contribution in [2.24, 2.45) is 0 Å². The van der Waals surface area contributed by atoms with Gasteiger partial charge in [0.1, 0.15) is 0 Å². The van der Waals surface area contributed by atoms with E-state index in [0.29, 0.717) is 24.2 Å². The standard InChI is InChI=1S/C17H19NO2/c1-13(19)11-18-12-14-7-9-16(10-8-14)17(20)15-5-3-2-4-6-15/h2-10,13,18-19H,11-12H2,1H3. The molecule has 1 unspecified atom stereocenters. The second kappa shape index (κ2) is 6.98. The first-order valence-corrected chi connectivity index (χ1v) is 6.74. The summed E-state index contributed by atoms with van der Waals surface area (Å²) in [6.45, 7) is 2.99. The Hall–Kier alpha value is -1.97. The molecule has 0 spiro atoms. The molecule has 3 heteroatoms. The Morgan fingerprint density at radius 1 is 1.05 bits per heavy atom. The van der Waals surface area contributed by atoms with Crippen molar-refractivity contribution in [3.05, 3.63) is 71.3 Å². The molecule has 0 fully saturated rings. The average molecular weight is 269 g/mol.